The third-order valence-electron chi connectivity index (χ3n) is 6.67. The molecule has 1 rings (SSSR count). The van der Waals surface area contributed by atoms with Gasteiger partial charge in [-0.1, -0.05) is 29.4 Å². The lowest BCUT2D eigenvalue weighted by atomic mass is 9.82. The number of rotatable bonds is 13. The van der Waals surface area contributed by atoms with E-state index in [0.717, 1.165) is 37.7 Å². The van der Waals surface area contributed by atoms with E-state index in [9.17, 15) is 19.1 Å². The largest absolute Gasteiger partial charge is 0.390 e. The molecule has 3 nitrogen and oxygen atoms in total. The average molecular weight is 459 g/mol. The second-order valence-electron chi connectivity index (χ2n) is 9.91. The van der Waals surface area contributed by atoms with E-state index in [2.05, 4.69) is 26.0 Å². The molecule has 4 heteroatoms. The van der Waals surface area contributed by atoms with E-state index in [1.807, 2.05) is 13.0 Å². The van der Waals surface area contributed by atoms with Crippen molar-refractivity contribution in [2.75, 3.05) is 6.67 Å². The van der Waals surface area contributed by atoms with Crippen LogP contribution in [0.15, 0.2) is 57.2 Å². The molecule has 0 aromatic carbocycles. The van der Waals surface area contributed by atoms with Crippen LogP contribution in [0.4, 0.5) is 4.39 Å². The Hall–Kier alpha value is -2.07. The third-order valence-corrected chi connectivity index (χ3v) is 6.67. The first-order valence-electron chi connectivity index (χ1n) is 12.1. The molecule has 0 aromatic heterocycles. The van der Waals surface area contributed by atoms with Crippen LogP contribution in [0.25, 0.3) is 0 Å². The molecule has 1 aliphatic rings. The van der Waals surface area contributed by atoms with Crippen molar-refractivity contribution in [3.8, 4) is 0 Å². The van der Waals surface area contributed by atoms with E-state index in [0.29, 0.717) is 41.6 Å². The minimum Gasteiger partial charge on any atom is -0.390 e. The molecule has 1 aliphatic carbocycles. The molecule has 184 valence electrons. The van der Waals surface area contributed by atoms with Gasteiger partial charge in [-0.15, -0.1) is 0 Å². The summed E-state index contributed by atoms with van der Waals surface area (Å²) in [6.45, 7) is 12.6. The highest BCUT2D eigenvalue weighted by Gasteiger charge is 2.29. The first kappa shape index (κ1) is 29.0. The van der Waals surface area contributed by atoms with E-state index in [1.165, 1.54) is 11.1 Å². The van der Waals surface area contributed by atoms with E-state index < -0.39 is 5.60 Å². The Morgan fingerprint density at radius 1 is 0.788 bits per heavy atom. The summed E-state index contributed by atoms with van der Waals surface area (Å²) >= 11 is 0. The summed E-state index contributed by atoms with van der Waals surface area (Å²) < 4.78 is 12.4. The highest BCUT2D eigenvalue weighted by molar-refractivity contribution is 6.24. The molecular formula is C29H43FO3. The van der Waals surface area contributed by atoms with Crippen LogP contribution in [0.1, 0.15) is 99.8 Å². The van der Waals surface area contributed by atoms with Gasteiger partial charge in [0.05, 0.1) is 5.60 Å². The molecule has 0 radical (unpaired) electrons. The van der Waals surface area contributed by atoms with Gasteiger partial charge in [0.25, 0.3) is 0 Å². The van der Waals surface area contributed by atoms with Crippen molar-refractivity contribution >= 4 is 11.6 Å². The minimum atomic E-state index is -0.890. The third kappa shape index (κ3) is 9.75. The van der Waals surface area contributed by atoms with Gasteiger partial charge >= 0.3 is 0 Å². The Morgan fingerprint density at radius 2 is 1.27 bits per heavy atom. The maximum Gasteiger partial charge on any atom is 0.185 e. The molecule has 0 saturated carbocycles. The highest BCUT2D eigenvalue weighted by atomic mass is 19.1. The van der Waals surface area contributed by atoms with E-state index in [-0.39, 0.29) is 18.2 Å². The zero-order chi connectivity index (χ0) is 25.2. The molecule has 0 aromatic rings. The zero-order valence-corrected chi connectivity index (χ0v) is 21.7. The predicted octanol–water partition coefficient (Wildman–Crippen LogP) is 7.47. The van der Waals surface area contributed by atoms with Gasteiger partial charge in [-0.2, -0.15) is 0 Å². The van der Waals surface area contributed by atoms with Crippen LogP contribution in [0, 0.1) is 0 Å². The van der Waals surface area contributed by atoms with Crippen molar-refractivity contribution in [1.29, 1.82) is 0 Å². The van der Waals surface area contributed by atoms with Crippen molar-refractivity contribution in [3.05, 3.63) is 57.2 Å². The molecular weight excluding hydrogens is 415 g/mol. The van der Waals surface area contributed by atoms with Crippen molar-refractivity contribution < 1.29 is 19.1 Å². The number of allylic oxidation sites excluding steroid dienone is 10. The Labute approximate surface area is 200 Å². The van der Waals surface area contributed by atoms with Crippen LogP contribution in [-0.4, -0.2) is 28.9 Å². The molecule has 0 bridgehead atoms. The summed E-state index contributed by atoms with van der Waals surface area (Å²) in [5, 5.41) is 10.8. The van der Waals surface area contributed by atoms with Crippen molar-refractivity contribution in [2.24, 2.45) is 0 Å². The van der Waals surface area contributed by atoms with E-state index in [1.54, 1.807) is 27.7 Å². The molecule has 0 fully saturated rings. The fourth-order valence-electron chi connectivity index (χ4n) is 3.96. The van der Waals surface area contributed by atoms with E-state index in [4.69, 9.17) is 0 Å². The summed E-state index contributed by atoms with van der Waals surface area (Å²) in [5.74, 6) is -0.121. The molecule has 0 spiro atoms. The molecule has 0 amide bonds. The number of alkyl halides is 1. The number of hydrogen-bond acceptors (Lipinski definition) is 3. The van der Waals surface area contributed by atoms with Gasteiger partial charge in [-0.25, -0.2) is 4.39 Å². The lowest BCUT2D eigenvalue weighted by molar-refractivity contribution is -0.116. The monoisotopic (exact) mass is 458 g/mol. The number of ketones is 2. The average Bonchev–Trinajstić information content (AvgIpc) is 2.76. The molecule has 1 atom stereocenters. The van der Waals surface area contributed by atoms with Crippen LogP contribution in [0.2, 0.25) is 0 Å². The van der Waals surface area contributed by atoms with Crippen LogP contribution >= 0.6 is 0 Å². The number of carbonyl (C=O) groups excluding carboxylic acids is 2. The van der Waals surface area contributed by atoms with Gasteiger partial charge in [-0.3, -0.25) is 9.59 Å². The molecule has 0 aliphatic heterocycles. The van der Waals surface area contributed by atoms with Gasteiger partial charge in [-0.05, 0) is 105 Å². The van der Waals surface area contributed by atoms with Gasteiger partial charge in [0, 0.05) is 22.3 Å². The summed E-state index contributed by atoms with van der Waals surface area (Å²) in [5.41, 5.74) is 4.65. The summed E-state index contributed by atoms with van der Waals surface area (Å²) in [7, 11) is 0. The Morgan fingerprint density at radius 3 is 1.82 bits per heavy atom. The summed E-state index contributed by atoms with van der Waals surface area (Å²) in [6.07, 6.45) is 12.5. The summed E-state index contributed by atoms with van der Waals surface area (Å²) in [4.78, 5) is 24.9. The predicted molar refractivity (Wildman–Crippen MR) is 136 cm³/mol. The van der Waals surface area contributed by atoms with Gasteiger partial charge < -0.3 is 5.11 Å². The van der Waals surface area contributed by atoms with Crippen LogP contribution in [0.3, 0.4) is 0 Å². The lowest BCUT2D eigenvalue weighted by Gasteiger charge is -2.25. The first-order valence-corrected chi connectivity index (χ1v) is 12.1. The number of halogens is 1. The number of Topliss-reactive ketones (excluding diaryl/α,β-unsaturated/α-hetero) is 2. The second kappa shape index (κ2) is 13.6. The van der Waals surface area contributed by atoms with Crippen LogP contribution in [-0.2, 0) is 9.59 Å². The Kier molecular flexibility index (Phi) is 11.9. The van der Waals surface area contributed by atoms with Gasteiger partial charge in [0.2, 0.25) is 0 Å². The zero-order valence-electron chi connectivity index (χ0n) is 21.7. The first-order chi connectivity index (χ1) is 15.4. The number of aliphatic hydroxyl groups is 1. The van der Waals surface area contributed by atoms with Gasteiger partial charge in [0.15, 0.2) is 11.6 Å². The highest BCUT2D eigenvalue weighted by Crippen LogP contribution is 2.30. The maximum atomic E-state index is 12.6. The van der Waals surface area contributed by atoms with Gasteiger partial charge in [0.1, 0.15) is 6.67 Å². The number of hydrogen-bond donors (Lipinski definition) is 1. The molecule has 0 saturated heterocycles. The molecule has 0 heterocycles. The van der Waals surface area contributed by atoms with Crippen LogP contribution in [0.5, 0.6) is 0 Å². The van der Waals surface area contributed by atoms with Crippen molar-refractivity contribution in [3.63, 3.8) is 0 Å². The van der Waals surface area contributed by atoms with E-state index >= 15 is 0 Å². The van der Waals surface area contributed by atoms with Crippen molar-refractivity contribution in [2.45, 2.75) is 105 Å². The second-order valence-corrected chi connectivity index (χ2v) is 9.91. The SMILES string of the molecule is CC(=CCC/C(C)=C/CC/C(C)=C/CC[C@@](C)(O)CCC1=C(C)C(=O)C(C)=C(C)C1=O)CF. The quantitative estimate of drug-likeness (QED) is 0.230. The minimum absolute atomic E-state index is 0.0593. The normalized spacial score (nSPS) is 18.4. The summed E-state index contributed by atoms with van der Waals surface area (Å²) in [6, 6.07) is 0. The standard InChI is InChI=1S/C29H43FO3/c1-20(13-9-14-22(3)19-30)11-8-12-21(2)15-10-17-29(7,33)18-16-26-25(6)27(31)23(4)24(5)28(26)32/h11,14-15,33H,8-10,12-13,16-19H2,1-7H3/b20-11+,21-15+,22-14?/t29-/m1/s1. The molecule has 1 N–H and O–H groups in total. The fraction of sp³-hybridized carbons (Fsp3) is 0.586. The number of carbonyl (C=O) groups is 2. The Balaban J connectivity index is 2.47. The lowest BCUT2D eigenvalue weighted by Crippen LogP contribution is -2.26. The molecule has 33 heavy (non-hydrogen) atoms. The maximum absolute atomic E-state index is 12.6. The topological polar surface area (TPSA) is 54.4 Å². The molecule has 0 unspecified atom stereocenters. The Bertz CT molecular complexity index is 879. The fourth-order valence-corrected chi connectivity index (χ4v) is 3.96. The van der Waals surface area contributed by atoms with Crippen molar-refractivity contribution in [1.82, 2.24) is 0 Å². The van der Waals surface area contributed by atoms with Crippen LogP contribution < -0.4 is 0 Å². The smallest absolute Gasteiger partial charge is 0.185 e.